The number of hydrogen-bond acceptors (Lipinski definition) is 4. The Labute approximate surface area is 166 Å². The van der Waals surface area contributed by atoms with Gasteiger partial charge in [-0.15, -0.1) is 10.2 Å². The zero-order chi connectivity index (χ0) is 19.4. The largest absolute Gasteiger partial charge is 0.325 e. The number of nitrogens with zero attached hydrogens (tertiary/aromatic N) is 3. The molecule has 1 N–H and O–H groups in total. The van der Waals surface area contributed by atoms with Gasteiger partial charge in [0.2, 0.25) is 5.91 Å². The van der Waals surface area contributed by atoms with Crippen LogP contribution in [0.3, 0.4) is 0 Å². The van der Waals surface area contributed by atoms with Gasteiger partial charge < -0.3 is 9.88 Å². The Kier molecular flexibility index (Phi) is 6.13. The molecule has 0 aliphatic rings. The minimum atomic E-state index is -0.406. The Hall–Kier alpha value is -2.38. The summed E-state index contributed by atoms with van der Waals surface area (Å²) in [6, 6.07) is 13.1. The van der Waals surface area contributed by atoms with Gasteiger partial charge in [0.15, 0.2) is 11.0 Å². The first-order chi connectivity index (χ1) is 13.0. The highest BCUT2D eigenvalue weighted by atomic mass is 35.5. The molecule has 1 heterocycles. The van der Waals surface area contributed by atoms with Crippen LogP contribution in [0.15, 0.2) is 53.7 Å². The Balaban J connectivity index is 1.75. The molecule has 1 amide bonds. The lowest BCUT2D eigenvalue weighted by molar-refractivity contribution is -0.115. The highest BCUT2D eigenvalue weighted by Gasteiger charge is 2.20. The predicted octanol–water partition coefficient (Wildman–Crippen LogP) is 4.88. The minimum absolute atomic E-state index is 0.193. The molecule has 5 nitrogen and oxygen atoms in total. The molecular formula is C19H18ClFN4OS. The van der Waals surface area contributed by atoms with Crippen molar-refractivity contribution in [1.82, 2.24) is 14.8 Å². The van der Waals surface area contributed by atoms with Crippen molar-refractivity contribution in [2.75, 3.05) is 5.32 Å². The monoisotopic (exact) mass is 404 g/mol. The number of carbonyl (C=O) groups excluding carboxylic acids is 1. The summed E-state index contributed by atoms with van der Waals surface area (Å²) in [5.41, 5.74) is 1.41. The van der Waals surface area contributed by atoms with Crippen molar-refractivity contribution < 1.29 is 9.18 Å². The Morgan fingerprint density at radius 1 is 1.26 bits per heavy atom. The predicted molar refractivity (Wildman–Crippen MR) is 106 cm³/mol. The van der Waals surface area contributed by atoms with E-state index >= 15 is 0 Å². The van der Waals surface area contributed by atoms with Crippen LogP contribution in [0.5, 0.6) is 0 Å². The summed E-state index contributed by atoms with van der Waals surface area (Å²) in [4.78, 5) is 12.4. The van der Waals surface area contributed by atoms with Gasteiger partial charge in [0.25, 0.3) is 0 Å². The third kappa shape index (κ3) is 4.67. The van der Waals surface area contributed by atoms with E-state index in [4.69, 9.17) is 11.6 Å². The number of aromatic nitrogens is 3. The summed E-state index contributed by atoms with van der Waals surface area (Å²) in [7, 11) is 0. The van der Waals surface area contributed by atoms with Gasteiger partial charge in [0.05, 0.1) is 5.25 Å². The molecule has 0 aliphatic heterocycles. The molecule has 0 spiro atoms. The third-order valence-electron chi connectivity index (χ3n) is 3.88. The maximum atomic E-state index is 13.0. The van der Waals surface area contributed by atoms with E-state index < -0.39 is 5.25 Å². The number of rotatable bonds is 6. The average Bonchev–Trinajstić information content (AvgIpc) is 3.06. The Bertz CT molecular complexity index is 945. The summed E-state index contributed by atoms with van der Waals surface area (Å²) < 4.78 is 14.9. The van der Waals surface area contributed by atoms with Gasteiger partial charge in [-0.05, 0) is 50.2 Å². The normalized spacial score (nSPS) is 12.0. The molecule has 1 aromatic heterocycles. The fourth-order valence-electron chi connectivity index (χ4n) is 2.49. The van der Waals surface area contributed by atoms with Crippen molar-refractivity contribution in [2.45, 2.75) is 30.8 Å². The lowest BCUT2D eigenvalue weighted by Crippen LogP contribution is -2.23. The lowest BCUT2D eigenvalue weighted by Gasteiger charge is -2.13. The Morgan fingerprint density at radius 2 is 2.00 bits per heavy atom. The minimum Gasteiger partial charge on any atom is -0.325 e. The molecular weight excluding hydrogens is 387 g/mol. The Morgan fingerprint density at radius 3 is 2.67 bits per heavy atom. The van der Waals surface area contributed by atoms with Crippen molar-refractivity contribution in [3.63, 3.8) is 0 Å². The molecule has 140 valence electrons. The maximum Gasteiger partial charge on any atom is 0.237 e. The SMILES string of the molecule is CCn1c(S[C@@H](C)C(=O)Nc2ccc(F)cc2)nnc1-c1cccc(Cl)c1. The van der Waals surface area contributed by atoms with Gasteiger partial charge in [-0.1, -0.05) is 35.5 Å². The molecule has 27 heavy (non-hydrogen) atoms. The van der Waals surface area contributed by atoms with E-state index in [1.807, 2.05) is 29.7 Å². The van der Waals surface area contributed by atoms with E-state index in [9.17, 15) is 9.18 Å². The molecule has 8 heteroatoms. The van der Waals surface area contributed by atoms with Gasteiger partial charge >= 0.3 is 0 Å². The van der Waals surface area contributed by atoms with Gasteiger partial charge in [-0.3, -0.25) is 4.79 Å². The van der Waals surface area contributed by atoms with Crippen LogP contribution in [0.4, 0.5) is 10.1 Å². The van der Waals surface area contributed by atoms with Crippen LogP contribution in [-0.2, 0) is 11.3 Å². The molecule has 0 radical (unpaired) electrons. The number of hydrogen-bond donors (Lipinski definition) is 1. The van der Waals surface area contributed by atoms with Gasteiger partial charge in [-0.25, -0.2) is 4.39 Å². The summed E-state index contributed by atoms with van der Waals surface area (Å²) in [5.74, 6) is 0.162. The number of benzene rings is 2. The quantitative estimate of drug-likeness (QED) is 0.595. The van der Waals surface area contributed by atoms with Gasteiger partial charge in [0, 0.05) is 22.8 Å². The zero-order valence-electron chi connectivity index (χ0n) is 14.8. The summed E-state index contributed by atoms with van der Waals surface area (Å²) in [6.07, 6.45) is 0. The van der Waals surface area contributed by atoms with Crippen LogP contribution >= 0.6 is 23.4 Å². The molecule has 0 unspecified atom stereocenters. The topological polar surface area (TPSA) is 59.8 Å². The van der Waals surface area contributed by atoms with E-state index in [1.165, 1.54) is 36.0 Å². The summed E-state index contributed by atoms with van der Waals surface area (Å²) in [6.45, 7) is 4.44. The molecule has 0 bridgehead atoms. The number of amides is 1. The number of nitrogens with one attached hydrogen (secondary N) is 1. The molecule has 3 rings (SSSR count). The first kappa shape index (κ1) is 19.4. The second-order valence-electron chi connectivity index (χ2n) is 5.82. The third-order valence-corrected chi connectivity index (χ3v) is 5.19. The van der Waals surface area contributed by atoms with Crippen molar-refractivity contribution in [1.29, 1.82) is 0 Å². The molecule has 1 atom stereocenters. The smallest absolute Gasteiger partial charge is 0.237 e. The van der Waals surface area contributed by atoms with Crippen molar-refractivity contribution in [3.05, 3.63) is 59.4 Å². The zero-order valence-corrected chi connectivity index (χ0v) is 16.4. The van der Waals surface area contributed by atoms with Crippen LogP contribution in [0, 0.1) is 5.82 Å². The molecule has 3 aromatic rings. The average molecular weight is 405 g/mol. The van der Waals surface area contributed by atoms with Crippen molar-refractivity contribution in [3.8, 4) is 11.4 Å². The van der Waals surface area contributed by atoms with Gasteiger partial charge in [-0.2, -0.15) is 0 Å². The number of thioether (sulfide) groups is 1. The second kappa shape index (κ2) is 8.54. The van der Waals surface area contributed by atoms with Crippen LogP contribution in [0.25, 0.3) is 11.4 Å². The van der Waals surface area contributed by atoms with Crippen molar-refractivity contribution >= 4 is 35.0 Å². The highest BCUT2D eigenvalue weighted by molar-refractivity contribution is 8.00. The van der Waals surface area contributed by atoms with Crippen LogP contribution < -0.4 is 5.32 Å². The molecule has 2 aromatic carbocycles. The van der Waals surface area contributed by atoms with E-state index in [-0.39, 0.29) is 11.7 Å². The van der Waals surface area contributed by atoms with E-state index in [2.05, 4.69) is 15.5 Å². The molecule has 0 fully saturated rings. The van der Waals surface area contributed by atoms with E-state index in [0.29, 0.717) is 28.2 Å². The molecule has 0 saturated carbocycles. The lowest BCUT2D eigenvalue weighted by atomic mass is 10.2. The van der Waals surface area contributed by atoms with Crippen LogP contribution in [-0.4, -0.2) is 25.9 Å². The van der Waals surface area contributed by atoms with Crippen LogP contribution in [0.1, 0.15) is 13.8 Å². The second-order valence-corrected chi connectivity index (χ2v) is 7.56. The fourth-order valence-corrected chi connectivity index (χ4v) is 3.59. The number of anilines is 1. The number of halogens is 2. The molecule has 0 saturated heterocycles. The standard InChI is InChI=1S/C19H18ClFN4OS/c1-3-25-17(13-5-4-6-14(20)11-13)23-24-19(25)27-12(2)18(26)22-16-9-7-15(21)8-10-16/h4-12H,3H2,1-2H3,(H,22,26)/t12-/m0/s1. The van der Waals surface area contributed by atoms with E-state index in [0.717, 1.165) is 5.56 Å². The molecule has 0 aliphatic carbocycles. The fraction of sp³-hybridized carbons (Fsp3) is 0.211. The maximum absolute atomic E-state index is 13.0. The number of carbonyl (C=O) groups is 1. The highest BCUT2D eigenvalue weighted by Crippen LogP contribution is 2.28. The summed E-state index contributed by atoms with van der Waals surface area (Å²) >= 11 is 7.39. The van der Waals surface area contributed by atoms with Crippen molar-refractivity contribution in [2.24, 2.45) is 0 Å². The van der Waals surface area contributed by atoms with Crippen LogP contribution in [0.2, 0.25) is 5.02 Å². The van der Waals surface area contributed by atoms with Gasteiger partial charge in [0.1, 0.15) is 5.82 Å². The first-order valence-corrected chi connectivity index (χ1v) is 9.66. The van der Waals surface area contributed by atoms with E-state index in [1.54, 1.807) is 13.0 Å². The summed E-state index contributed by atoms with van der Waals surface area (Å²) in [5, 5.41) is 12.1. The first-order valence-electron chi connectivity index (χ1n) is 8.40.